The van der Waals surface area contributed by atoms with Crippen LogP contribution in [0.15, 0.2) is 54.6 Å². The Kier molecular flexibility index (Phi) is 5.66. The van der Waals surface area contributed by atoms with Crippen LogP contribution in [0.5, 0.6) is 5.88 Å². The Bertz CT molecular complexity index is 959. The van der Waals surface area contributed by atoms with E-state index in [-0.39, 0.29) is 24.3 Å². The van der Waals surface area contributed by atoms with E-state index in [0.29, 0.717) is 22.5 Å². The van der Waals surface area contributed by atoms with Crippen LogP contribution in [0, 0.1) is 5.82 Å². The average molecular weight is 367 g/mol. The number of aromatic nitrogens is 1. The molecule has 0 radical (unpaired) electrons. The van der Waals surface area contributed by atoms with Crippen LogP contribution >= 0.6 is 0 Å². The number of carbonyl (C=O) groups is 1. The predicted molar refractivity (Wildman–Crippen MR) is 103 cm³/mol. The van der Waals surface area contributed by atoms with E-state index in [0.717, 1.165) is 5.39 Å². The molecule has 0 saturated carbocycles. The molecule has 140 valence electrons. The van der Waals surface area contributed by atoms with Crippen LogP contribution in [-0.4, -0.2) is 43.5 Å². The number of pyridine rings is 1. The normalized spacial score (nSPS) is 12.2. The fourth-order valence-electron chi connectivity index (χ4n) is 3.04. The van der Waals surface area contributed by atoms with Gasteiger partial charge in [-0.3, -0.25) is 4.79 Å². The largest absolute Gasteiger partial charge is 0.481 e. The second-order valence-corrected chi connectivity index (χ2v) is 6.44. The summed E-state index contributed by atoms with van der Waals surface area (Å²) in [7, 11) is 5.22. The Morgan fingerprint density at radius 3 is 2.59 bits per heavy atom. The van der Waals surface area contributed by atoms with Crippen molar-refractivity contribution in [2.45, 2.75) is 6.04 Å². The number of benzene rings is 2. The number of amides is 1. The number of carbonyl (C=O) groups excluding carboxylic acids is 1. The first-order chi connectivity index (χ1) is 13.0. The van der Waals surface area contributed by atoms with Crippen molar-refractivity contribution in [2.75, 3.05) is 27.7 Å². The van der Waals surface area contributed by atoms with Crippen LogP contribution in [0.4, 0.5) is 4.39 Å². The van der Waals surface area contributed by atoms with E-state index >= 15 is 0 Å². The van der Waals surface area contributed by atoms with Gasteiger partial charge in [-0.15, -0.1) is 0 Å². The van der Waals surface area contributed by atoms with Gasteiger partial charge in [0.25, 0.3) is 5.91 Å². The summed E-state index contributed by atoms with van der Waals surface area (Å²) >= 11 is 0. The van der Waals surface area contributed by atoms with Crippen molar-refractivity contribution in [3.8, 4) is 5.88 Å². The van der Waals surface area contributed by atoms with Crippen molar-refractivity contribution >= 4 is 16.8 Å². The number of nitrogens with zero attached hydrogens (tertiary/aromatic N) is 2. The topological polar surface area (TPSA) is 54.5 Å². The maximum Gasteiger partial charge on any atom is 0.252 e. The Hall–Kier alpha value is -2.99. The molecule has 27 heavy (non-hydrogen) atoms. The van der Waals surface area contributed by atoms with Crippen molar-refractivity contribution in [1.29, 1.82) is 0 Å². The summed E-state index contributed by atoms with van der Waals surface area (Å²) in [5, 5.41) is 3.66. The molecule has 0 aliphatic heterocycles. The number of nitrogens with one attached hydrogen (secondary N) is 1. The highest BCUT2D eigenvalue weighted by Gasteiger charge is 2.20. The van der Waals surface area contributed by atoms with Crippen LogP contribution in [0.1, 0.15) is 22.0 Å². The summed E-state index contributed by atoms with van der Waals surface area (Å²) in [6.07, 6.45) is 0. The Morgan fingerprint density at radius 2 is 1.89 bits per heavy atom. The third-order valence-electron chi connectivity index (χ3n) is 4.49. The highest BCUT2D eigenvalue weighted by molar-refractivity contribution is 6.06. The van der Waals surface area contributed by atoms with Crippen molar-refractivity contribution in [2.24, 2.45) is 0 Å². The van der Waals surface area contributed by atoms with Gasteiger partial charge in [0.1, 0.15) is 5.82 Å². The predicted octanol–water partition coefficient (Wildman–Crippen LogP) is 3.42. The maximum absolute atomic E-state index is 14.2. The second-order valence-electron chi connectivity index (χ2n) is 6.44. The average Bonchev–Trinajstić information content (AvgIpc) is 2.68. The van der Waals surface area contributed by atoms with Crippen molar-refractivity contribution in [1.82, 2.24) is 15.2 Å². The third-order valence-corrected chi connectivity index (χ3v) is 4.49. The lowest BCUT2D eigenvalue weighted by Crippen LogP contribution is -2.35. The smallest absolute Gasteiger partial charge is 0.252 e. The number of rotatable bonds is 6. The molecule has 1 aromatic heterocycles. The Labute approximate surface area is 157 Å². The van der Waals surface area contributed by atoms with Crippen LogP contribution in [0.2, 0.25) is 0 Å². The summed E-state index contributed by atoms with van der Waals surface area (Å²) in [6, 6.07) is 15.3. The number of para-hydroxylation sites is 1. The summed E-state index contributed by atoms with van der Waals surface area (Å²) in [4.78, 5) is 19.1. The van der Waals surface area contributed by atoms with E-state index in [2.05, 4.69) is 10.3 Å². The molecule has 0 saturated heterocycles. The van der Waals surface area contributed by atoms with Crippen molar-refractivity contribution in [3.63, 3.8) is 0 Å². The molecule has 0 aliphatic carbocycles. The number of fused-ring (bicyclic) bond motifs is 1. The van der Waals surface area contributed by atoms with Crippen LogP contribution in [0.3, 0.4) is 0 Å². The van der Waals surface area contributed by atoms with Crippen LogP contribution in [-0.2, 0) is 0 Å². The number of halogens is 1. The van der Waals surface area contributed by atoms with Gasteiger partial charge in [0.15, 0.2) is 0 Å². The first-order valence-corrected chi connectivity index (χ1v) is 8.64. The van der Waals surface area contributed by atoms with E-state index in [1.165, 1.54) is 13.2 Å². The molecule has 2 aromatic carbocycles. The molecule has 3 aromatic rings. The standard InChI is InChI=1S/C21H22FN3O2/c1-25(2)19(15-9-4-6-10-17(15)22)13-23-21(26)16-12-20(27-3)24-18-11-7-5-8-14(16)18/h4-12,19H,13H2,1-3H3,(H,23,26)/t19-/m0/s1. The molecule has 3 rings (SSSR count). The van der Waals surface area contributed by atoms with Crippen LogP contribution < -0.4 is 10.1 Å². The van der Waals surface area contributed by atoms with Gasteiger partial charge in [-0.1, -0.05) is 36.4 Å². The van der Waals surface area contributed by atoms with Gasteiger partial charge in [0.05, 0.1) is 24.2 Å². The molecule has 5 nitrogen and oxygen atoms in total. The number of hydrogen-bond donors (Lipinski definition) is 1. The molecular weight excluding hydrogens is 345 g/mol. The van der Waals surface area contributed by atoms with E-state index in [1.807, 2.05) is 43.3 Å². The molecule has 0 spiro atoms. The zero-order valence-electron chi connectivity index (χ0n) is 15.6. The van der Waals surface area contributed by atoms with Gasteiger partial charge in [0, 0.05) is 23.6 Å². The van der Waals surface area contributed by atoms with Gasteiger partial charge in [-0.2, -0.15) is 0 Å². The minimum atomic E-state index is -0.290. The fraction of sp³-hybridized carbons (Fsp3) is 0.238. The molecule has 1 amide bonds. The summed E-state index contributed by atoms with van der Waals surface area (Å²) in [5.41, 5.74) is 1.70. The zero-order chi connectivity index (χ0) is 19.4. The number of ether oxygens (including phenoxy) is 1. The third kappa shape index (κ3) is 4.06. The minimum absolute atomic E-state index is 0.255. The lowest BCUT2D eigenvalue weighted by molar-refractivity contribution is 0.0942. The van der Waals surface area contributed by atoms with Gasteiger partial charge in [-0.25, -0.2) is 9.37 Å². The number of methoxy groups -OCH3 is 1. The van der Waals surface area contributed by atoms with E-state index in [9.17, 15) is 9.18 Å². The molecule has 0 bridgehead atoms. The lowest BCUT2D eigenvalue weighted by Gasteiger charge is -2.25. The number of hydrogen-bond acceptors (Lipinski definition) is 4. The summed E-state index contributed by atoms with van der Waals surface area (Å²) in [6.45, 7) is 0.270. The van der Waals surface area contributed by atoms with E-state index < -0.39 is 0 Å². The van der Waals surface area contributed by atoms with Crippen molar-refractivity contribution in [3.05, 3.63) is 71.5 Å². The van der Waals surface area contributed by atoms with Gasteiger partial charge < -0.3 is 15.0 Å². The lowest BCUT2D eigenvalue weighted by atomic mass is 10.0. The molecular formula is C21H22FN3O2. The molecule has 1 N–H and O–H groups in total. The summed E-state index contributed by atoms with van der Waals surface area (Å²) < 4.78 is 19.4. The highest BCUT2D eigenvalue weighted by atomic mass is 19.1. The zero-order valence-corrected chi connectivity index (χ0v) is 15.6. The van der Waals surface area contributed by atoms with Gasteiger partial charge >= 0.3 is 0 Å². The molecule has 0 unspecified atom stereocenters. The first kappa shape index (κ1) is 18.8. The highest BCUT2D eigenvalue weighted by Crippen LogP contribution is 2.23. The monoisotopic (exact) mass is 367 g/mol. The van der Waals surface area contributed by atoms with Gasteiger partial charge in [0.2, 0.25) is 5.88 Å². The van der Waals surface area contributed by atoms with Crippen molar-refractivity contribution < 1.29 is 13.9 Å². The fourth-order valence-corrected chi connectivity index (χ4v) is 3.04. The maximum atomic E-state index is 14.2. The first-order valence-electron chi connectivity index (χ1n) is 8.64. The molecule has 6 heteroatoms. The number of likely N-dealkylation sites (N-methyl/N-ethyl adjacent to an activating group) is 1. The SMILES string of the molecule is COc1cc(C(=O)NC[C@@H](c2ccccc2F)N(C)C)c2ccccc2n1. The quantitative estimate of drug-likeness (QED) is 0.725. The molecule has 1 heterocycles. The molecule has 0 aliphatic rings. The summed E-state index contributed by atoms with van der Waals surface area (Å²) in [5.74, 6) is -0.173. The minimum Gasteiger partial charge on any atom is -0.481 e. The molecule has 0 fully saturated rings. The van der Waals surface area contributed by atoms with E-state index in [4.69, 9.17) is 4.74 Å². The molecule has 1 atom stereocenters. The Morgan fingerprint density at radius 1 is 1.19 bits per heavy atom. The van der Waals surface area contributed by atoms with Gasteiger partial charge in [-0.05, 0) is 26.2 Å². The van der Waals surface area contributed by atoms with E-state index in [1.54, 1.807) is 24.3 Å². The van der Waals surface area contributed by atoms with Crippen LogP contribution in [0.25, 0.3) is 10.9 Å². The second kappa shape index (κ2) is 8.14. The Balaban J connectivity index is 1.87.